The monoisotopic (exact) mass is 576 g/mol. The van der Waals surface area contributed by atoms with Gasteiger partial charge in [0.15, 0.2) is 0 Å². The Bertz CT molecular complexity index is 1280. The van der Waals surface area contributed by atoms with Gasteiger partial charge >= 0.3 is 18.2 Å². The molecule has 1 heterocycles. The van der Waals surface area contributed by atoms with E-state index in [9.17, 15) is 4.79 Å². The summed E-state index contributed by atoms with van der Waals surface area (Å²) in [5.74, 6) is 0.695. The van der Waals surface area contributed by atoms with Crippen LogP contribution in [0.4, 0.5) is 25.9 Å². The van der Waals surface area contributed by atoms with Crippen LogP contribution >= 0.6 is 0 Å². The molecule has 4 amide bonds. The molecule has 0 radical (unpaired) electrons. The van der Waals surface area contributed by atoms with Crippen molar-refractivity contribution < 1.29 is 24.6 Å². The van der Waals surface area contributed by atoms with Crippen LogP contribution in [-0.2, 0) is 12.6 Å². The summed E-state index contributed by atoms with van der Waals surface area (Å²) in [5.41, 5.74) is 11.1. The molecule has 0 unspecified atom stereocenters. The zero-order valence-corrected chi connectivity index (χ0v) is 23.3. The molecule has 3 aromatic carbocycles. The Balaban J connectivity index is 0.000000686. The van der Waals surface area contributed by atoms with Crippen molar-refractivity contribution in [2.45, 2.75) is 5.54 Å². The van der Waals surface area contributed by atoms with E-state index in [0.29, 0.717) is 24.6 Å². The fourth-order valence-corrected chi connectivity index (χ4v) is 4.10. The molecule has 0 spiro atoms. The molecule has 0 aliphatic carbocycles. The van der Waals surface area contributed by atoms with E-state index in [4.69, 9.17) is 19.8 Å². The van der Waals surface area contributed by atoms with Crippen molar-refractivity contribution in [1.82, 2.24) is 20.4 Å². The van der Waals surface area contributed by atoms with E-state index in [2.05, 4.69) is 74.2 Å². The molecule has 0 bridgehead atoms. The molecule has 0 fully saturated rings. The number of carbonyl (C=O) groups is 3. The van der Waals surface area contributed by atoms with E-state index in [-0.39, 0.29) is 6.03 Å². The van der Waals surface area contributed by atoms with E-state index < -0.39 is 17.7 Å². The SMILES string of the molecule is CNCCNC(=O)Nc1cnn(C)c1NC(c1ccccc1)(c1ccccc1)c1ccccc1.NC(=O)O.NC(=O)O. The number of aryl methyl sites for hydroxylation is 1. The molecule has 10 N–H and O–H groups in total. The van der Waals surface area contributed by atoms with E-state index in [1.165, 1.54) is 0 Å². The minimum Gasteiger partial charge on any atom is -0.465 e. The number of primary amides is 2. The van der Waals surface area contributed by atoms with Crippen LogP contribution < -0.4 is 32.7 Å². The van der Waals surface area contributed by atoms with Gasteiger partial charge in [0.25, 0.3) is 0 Å². The molecule has 0 atom stereocenters. The predicted octanol–water partition coefficient (Wildman–Crippen LogP) is 3.41. The van der Waals surface area contributed by atoms with Crippen molar-refractivity contribution in [2.24, 2.45) is 18.5 Å². The van der Waals surface area contributed by atoms with Gasteiger partial charge in [0, 0.05) is 20.1 Å². The fraction of sp³-hybridized carbons (Fsp3) is 0.172. The molecule has 1 aromatic heterocycles. The third kappa shape index (κ3) is 9.57. The van der Waals surface area contributed by atoms with Crippen LogP contribution in [-0.4, -0.2) is 58.3 Å². The first-order valence-electron chi connectivity index (χ1n) is 12.7. The Morgan fingerprint density at radius 3 is 1.57 bits per heavy atom. The summed E-state index contributed by atoms with van der Waals surface area (Å²) in [6.45, 7) is 1.21. The van der Waals surface area contributed by atoms with E-state index in [0.717, 1.165) is 16.7 Å². The maximum Gasteiger partial charge on any atom is 0.402 e. The molecular formula is C29H36N8O5. The van der Waals surface area contributed by atoms with Crippen molar-refractivity contribution in [1.29, 1.82) is 0 Å². The third-order valence-corrected chi connectivity index (χ3v) is 5.77. The average molecular weight is 577 g/mol. The zero-order chi connectivity index (χ0) is 31.0. The summed E-state index contributed by atoms with van der Waals surface area (Å²) < 4.78 is 1.74. The van der Waals surface area contributed by atoms with Crippen LogP contribution in [0.1, 0.15) is 16.7 Å². The van der Waals surface area contributed by atoms with Gasteiger partial charge in [0.05, 0.1) is 6.20 Å². The topological polar surface area (TPSA) is 210 Å². The van der Waals surface area contributed by atoms with Crippen molar-refractivity contribution >= 4 is 29.7 Å². The minimum absolute atomic E-state index is 0.281. The van der Waals surface area contributed by atoms with Crippen LogP contribution in [0.15, 0.2) is 97.2 Å². The lowest BCUT2D eigenvalue weighted by atomic mass is 9.77. The van der Waals surface area contributed by atoms with E-state index in [1.54, 1.807) is 10.9 Å². The van der Waals surface area contributed by atoms with Crippen molar-refractivity contribution in [3.63, 3.8) is 0 Å². The third-order valence-electron chi connectivity index (χ3n) is 5.77. The number of nitrogens with zero attached hydrogens (tertiary/aromatic N) is 2. The van der Waals surface area contributed by atoms with Gasteiger partial charge in [-0.2, -0.15) is 5.10 Å². The lowest BCUT2D eigenvalue weighted by molar-refractivity contribution is 0.204. The minimum atomic E-state index is -1.33. The number of aromatic nitrogens is 2. The van der Waals surface area contributed by atoms with Crippen molar-refractivity contribution in [3.8, 4) is 0 Å². The fourth-order valence-electron chi connectivity index (χ4n) is 4.10. The summed E-state index contributed by atoms with van der Waals surface area (Å²) in [6.07, 6.45) is -1.01. The largest absolute Gasteiger partial charge is 0.465 e. The van der Waals surface area contributed by atoms with Gasteiger partial charge in [0.2, 0.25) is 0 Å². The lowest BCUT2D eigenvalue weighted by Crippen LogP contribution is -2.39. The molecule has 0 saturated heterocycles. The molecule has 0 aliphatic rings. The average Bonchev–Trinajstić information content (AvgIpc) is 3.30. The second kappa shape index (κ2) is 16.5. The first-order valence-corrected chi connectivity index (χ1v) is 12.7. The number of carbonyl (C=O) groups excluding carboxylic acids is 1. The van der Waals surface area contributed by atoms with Gasteiger partial charge in [-0.15, -0.1) is 0 Å². The van der Waals surface area contributed by atoms with Crippen LogP contribution in [0.5, 0.6) is 0 Å². The van der Waals surface area contributed by atoms with Crippen LogP contribution in [0.25, 0.3) is 0 Å². The Morgan fingerprint density at radius 1 is 0.786 bits per heavy atom. The Morgan fingerprint density at radius 2 is 1.19 bits per heavy atom. The smallest absolute Gasteiger partial charge is 0.402 e. The maximum atomic E-state index is 12.5. The number of benzene rings is 3. The van der Waals surface area contributed by atoms with E-state index >= 15 is 0 Å². The molecule has 4 rings (SSSR count). The Hall–Kier alpha value is -5.56. The van der Waals surface area contributed by atoms with Crippen molar-refractivity contribution in [2.75, 3.05) is 30.8 Å². The summed E-state index contributed by atoms with van der Waals surface area (Å²) in [7, 11) is 3.71. The number of hydrogen-bond donors (Lipinski definition) is 8. The van der Waals surface area contributed by atoms with Gasteiger partial charge in [0.1, 0.15) is 17.0 Å². The number of urea groups is 1. The molecule has 13 heteroatoms. The maximum absolute atomic E-state index is 12.5. The standard InChI is InChI=1S/C27H30N6O.2CH3NO2/c1-28-18-19-29-26(34)31-24-20-30-33(2)25(24)32-27(21-12-6-3-7-13-21,22-14-8-4-9-15-22)23-16-10-5-11-17-23;2*2-1(3)4/h3-17,20,28,32H,18-19H2,1-2H3,(H2,29,31,34);2*2H2,(H,3,4). The number of nitrogens with one attached hydrogen (secondary N) is 4. The second-order valence-corrected chi connectivity index (χ2v) is 8.66. The number of carboxylic acid groups (broad SMARTS) is 2. The highest BCUT2D eigenvalue weighted by Gasteiger charge is 2.37. The summed E-state index contributed by atoms with van der Waals surface area (Å²) in [4.78, 5) is 30.1. The number of anilines is 2. The molecule has 0 saturated carbocycles. The van der Waals surface area contributed by atoms with Gasteiger partial charge in [-0.05, 0) is 23.7 Å². The molecule has 42 heavy (non-hydrogen) atoms. The molecule has 4 aromatic rings. The second-order valence-electron chi connectivity index (χ2n) is 8.66. The highest BCUT2D eigenvalue weighted by Crippen LogP contribution is 2.41. The number of likely N-dealkylation sites (N-methyl/N-ethyl adjacent to an activating group) is 1. The summed E-state index contributed by atoms with van der Waals surface area (Å²) in [5, 5.41) is 31.4. The van der Waals surface area contributed by atoms with Gasteiger partial charge in [-0.25, -0.2) is 14.4 Å². The van der Waals surface area contributed by atoms with Crippen LogP contribution in [0.2, 0.25) is 0 Å². The molecule has 0 aliphatic heterocycles. The number of amides is 4. The van der Waals surface area contributed by atoms with E-state index in [1.807, 2.05) is 68.7 Å². The Kier molecular flexibility index (Phi) is 12.8. The first kappa shape index (κ1) is 32.7. The number of hydrogen-bond acceptors (Lipinski definition) is 6. The molecular weight excluding hydrogens is 540 g/mol. The highest BCUT2D eigenvalue weighted by molar-refractivity contribution is 5.92. The number of rotatable bonds is 9. The number of nitrogens with two attached hydrogens (primary N) is 2. The van der Waals surface area contributed by atoms with Gasteiger partial charge in [-0.3, -0.25) is 4.68 Å². The summed E-state index contributed by atoms with van der Waals surface area (Å²) >= 11 is 0. The lowest BCUT2D eigenvalue weighted by Gasteiger charge is -2.38. The van der Waals surface area contributed by atoms with Gasteiger partial charge < -0.3 is 42.9 Å². The van der Waals surface area contributed by atoms with Gasteiger partial charge in [-0.1, -0.05) is 91.0 Å². The predicted molar refractivity (Wildman–Crippen MR) is 161 cm³/mol. The molecule has 222 valence electrons. The van der Waals surface area contributed by atoms with Crippen molar-refractivity contribution in [3.05, 3.63) is 114 Å². The summed E-state index contributed by atoms with van der Waals surface area (Å²) in [6, 6.07) is 30.6. The Labute approximate surface area is 243 Å². The van der Waals surface area contributed by atoms with Crippen LogP contribution in [0.3, 0.4) is 0 Å². The van der Waals surface area contributed by atoms with Crippen LogP contribution in [0, 0.1) is 0 Å². The molecule has 13 nitrogen and oxygen atoms in total. The quantitative estimate of drug-likeness (QED) is 0.109. The highest BCUT2D eigenvalue weighted by atomic mass is 16.4. The normalized spacial score (nSPS) is 10.1. The first-order chi connectivity index (χ1) is 20.1. The zero-order valence-electron chi connectivity index (χ0n) is 23.3.